The van der Waals surface area contributed by atoms with Gasteiger partial charge in [0, 0.05) is 122 Å². The van der Waals surface area contributed by atoms with Crippen LogP contribution >= 0.6 is 0 Å². The minimum atomic E-state index is -0.885. The van der Waals surface area contributed by atoms with E-state index in [9.17, 15) is 35.1 Å². The van der Waals surface area contributed by atoms with Gasteiger partial charge in [-0.15, -0.1) is 0 Å². The molecule has 8 heterocycles. The van der Waals surface area contributed by atoms with Crippen molar-refractivity contribution >= 4 is 34.0 Å². The van der Waals surface area contributed by atoms with Crippen molar-refractivity contribution in [2.24, 2.45) is 57.2 Å². The highest BCUT2D eigenvalue weighted by molar-refractivity contribution is 6.01. The Balaban J connectivity index is 0.902. The number of H-pyrrole nitrogens is 1. The van der Waals surface area contributed by atoms with E-state index >= 15 is 4.79 Å². The maximum atomic E-state index is 16.3. The molecule has 2 aromatic heterocycles. The van der Waals surface area contributed by atoms with Gasteiger partial charge in [-0.2, -0.15) is 0 Å². The Morgan fingerprint density at radius 1 is 0.842 bits per heavy atom. The number of aromatic amines is 1. The van der Waals surface area contributed by atoms with Crippen LogP contribution in [0.15, 0.2) is 157 Å². The number of rotatable bonds is 7. The average molecular weight is 1360 g/mol. The van der Waals surface area contributed by atoms with E-state index in [1.807, 2.05) is 24.3 Å². The number of anilines is 1. The monoisotopic (exact) mass is 1350 g/mol. The lowest BCUT2D eigenvalue weighted by Gasteiger charge is -2.52. The van der Waals surface area contributed by atoms with Crippen molar-refractivity contribution in [3.8, 4) is 46.3 Å². The highest BCUT2D eigenvalue weighted by atomic mass is 16.5. The van der Waals surface area contributed by atoms with Crippen LogP contribution < -0.4 is 19.7 Å². The summed E-state index contributed by atoms with van der Waals surface area (Å²) in [4.78, 5) is 49.4. The largest absolute Gasteiger partial charge is 0.508 e. The zero-order valence-electron chi connectivity index (χ0n) is 57.8. The summed E-state index contributed by atoms with van der Waals surface area (Å²) < 4.78 is 21.7. The molecule has 520 valence electrons. The number of aromatic hydroxyl groups is 3. The second-order valence-electron chi connectivity index (χ2n) is 32.3. The zero-order valence-corrected chi connectivity index (χ0v) is 57.8. The van der Waals surface area contributed by atoms with Crippen LogP contribution in [0, 0.1) is 69.0 Å². The van der Waals surface area contributed by atoms with Gasteiger partial charge in [0.05, 0.1) is 30.9 Å². The number of aliphatic hydroxyl groups is 2. The molecule has 15 heteroatoms. The topological polar surface area (TPSA) is 216 Å². The number of fused-ring (bicyclic) bond motifs is 1. The first-order chi connectivity index (χ1) is 49.0. The molecule has 0 saturated heterocycles. The first kappa shape index (κ1) is 64.2. The molecule has 0 amide bonds. The van der Waals surface area contributed by atoms with E-state index < -0.39 is 46.9 Å². The number of aromatic nitrogens is 2. The number of dihydropyridines is 1. The van der Waals surface area contributed by atoms with E-state index in [0.717, 1.165) is 119 Å². The van der Waals surface area contributed by atoms with Crippen molar-refractivity contribution < 1.29 is 54.1 Å². The molecule has 4 fully saturated rings. The van der Waals surface area contributed by atoms with Gasteiger partial charge in [-0.05, 0) is 218 Å². The number of ketones is 2. The number of aliphatic hydroxyl groups excluding tert-OH is 2. The van der Waals surface area contributed by atoms with Gasteiger partial charge in [0.25, 0.3) is 0 Å². The van der Waals surface area contributed by atoms with Crippen LogP contribution in [0.25, 0.3) is 10.8 Å². The van der Waals surface area contributed by atoms with Crippen molar-refractivity contribution in [3.63, 3.8) is 0 Å². The Bertz CT molecular complexity index is 4720. The molecule has 101 heavy (non-hydrogen) atoms. The Hall–Kier alpha value is -8.97. The minimum Gasteiger partial charge on any atom is -0.508 e. The SMILES string of the molecule is COc1cc2cc(O)c1Oc1cc(O)cc(c1)C[C@@H]1C[C@H]3CC[C@H]4C[C@]56C[C@]47CC[C@@]3(C[C@@H]1CO)[C@H]7C=C[C@H]5c1c3c(ccc4c3cn1[C@@H]2CC(=O)C[C@H](OC(C)=O)CC[C@@]12C3=CC=C[C@@H]1CC=C[C@@H]2c1c[nH]cc1[C@H](C#CC3)[C@@H](c1cccc(O)c1)C1=CCNC(=C1)N4CCC(C)=O)[C@@H]6O. The molecule has 15 nitrogen and oxygen atoms in total. The number of hydrogen-bond donors (Lipinski definition) is 7. The fourth-order valence-electron chi connectivity index (χ4n) is 23.6. The number of carbonyl (C=O) groups is 3. The van der Waals surface area contributed by atoms with Gasteiger partial charge < -0.3 is 59.5 Å². The number of benzene rings is 4. The number of carbonyl (C=O) groups excluding carboxylic acids is 3. The molecule has 15 aliphatic rings. The van der Waals surface area contributed by atoms with Crippen LogP contribution in [0.3, 0.4) is 0 Å². The summed E-state index contributed by atoms with van der Waals surface area (Å²) >= 11 is 0. The molecule has 6 aliphatic heterocycles. The number of hydrogen-bond acceptors (Lipinski definition) is 13. The average Bonchev–Trinajstić information content (AvgIpc) is 1.50. The first-order valence-corrected chi connectivity index (χ1v) is 37.2. The van der Waals surface area contributed by atoms with E-state index in [1.54, 1.807) is 31.2 Å². The Labute approximate surface area is 589 Å². The third-order valence-corrected chi connectivity index (χ3v) is 27.6. The molecule has 7 N–H and O–H groups in total. The molecule has 4 spiro atoms. The van der Waals surface area contributed by atoms with E-state index in [1.165, 1.54) is 19.6 Å². The fraction of sp³-hybridized carbons (Fsp3) is 0.453. The summed E-state index contributed by atoms with van der Waals surface area (Å²) in [6, 6.07) is 19.7. The molecule has 0 radical (unpaired) electrons. The first-order valence-electron chi connectivity index (χ1n) is 37.2. The van der Waals surface area contributed by atoms with Gasteiger partial charge in [0.1, 0.15) is 40.7 Å². The maximum absolute atomic E-state index is 16.3. The number of ether oxygens (including phenoxy) is 3. The Morgan fingerprint density at radius 2 is 1.70 bits per heavy atom. The number of phenols is 3. The van der Waals surface area contributed by atoms with Gasteiger partial charge in [0.15, 0.2) is 11.5 Å². The van der Waals surface area contributed by atoms with Crippen LogP contribution in [0.4, 0.5) is 5.69 Å². The molecule has 4 saturated carbocycles. The number of methoxy groups -OCH3 is 1. The molecule has 9 aliphatic carbocycles. The highest BCUT2D eigenvalue weighted by Crippen LogP contribution is 2.81. The van der Waals surface area contributed by atoms with Gasteiger partial charge in [0.2, 0.25) is 5.75 Å². The molecule has 0 unspecified atom stereocenters. The molecule has 17 atom stereocenters. The van der Waals surface area contributed by atoms with Gasteiger partial charge in [-0.3, -0.25) is 14.4 Å². The van der Waals surface area contributed by atoms with Gasteiger partial charge in [-0.25, -0.2) is 0 Å². The second kappa shape index (κ2) is 24.1. The van der Waals surface area contributed by atoms with Gasteiger partial charge in [-0.1, -0.05) is 84.2 Å². The number of allylic oxidation sites excluding steroid dienone is 10. The third-order valence-electron chi connectivity index (χ3n) is 27.6. The second-order valence-corrected chi connectivity index (χ2v) is 32.3. The number of phenolic OH excluding ortho intramolecular Hbond substituents is 3. The number of esters is 1. The molecule has 17 bridgehead atoms. The van der Waals surface area contributed by atoms with Crippen LogP contribution in [0.5, 0.6) is 34.5 Å². The van der Waals surface area contributed by atoms with E-state index in [2.05, 4.69) is 123 Å². The summed E-state index contributed by atoms with van der Waals surface area (Å²) in [6.07, 6.45) is 36.0. The number of nitrogens with one attached hydrogen (secondary N) is 2. The van der Waals surface area contributed by atoms with Crippen LogP contribution in [-0.2, 0) is 25.5 Å². The summed E-state index contributed by atoms with van der Waals surface area (Å²) in [7, 11) is 1.53. The number of nitrogens with zero attached hydrogens (tertiary/aromatic N) is 2. The molecule has 21 rings (SSSR count). The summed E-state index contributed by atoms with van der Waals surface area (Å²) in [6.45, 7) is 3.80. The normalized spacial score (nSPS) is 34.3. The fourth-order valence-corrected chi connectivity index (χ4v) is 23.6. The predicted octanol–water partition coefficient (Wildman–Crippen LogP) is 15.3. The van der Waals surface area contributed by atoms with E-state index in [-0.39, 0.29) is 119 Å². The lowest BCUT2D eigenvalue weighted by atomic mass is 9.53. The van der Waals surface area contributed by atoms with Crippen molar-refractivity contribution in [2.75, 3.05) is 31.7 Å². The van der Waals surface area contributed by atoms with Crippen molar-refractivity contribution in [1.29, 1.82) is 0 Å². The molecule has 4 aromatic carbocycles. The smallest absolute Gasteiger partial charge is 0.302 e. The molecular weight excluding hydrogens is 1260 g/mol. The summed E-state index contributed by atoms with van der Waals surface area (Å²) in [5.41, 5.74) is 7.81. The van der Waals surface area contributed by atoms with Crippen molar-refractivity contribution in [1.82, 2.24) is 14.9 Å². The minimum absolute atomic E-state index is 0.00540. The zero-order chi connectivity index (χ0) is 69.0. The predicted molar refractivity (Wildman–Crippen MR) is 384 cm³/mol. The Kier molecular flexibility index (Phi) is 15.3. The maximum Gasteiger partial charge on any atom is 0.302 e. The standard InChI is InChI=1S/C86H90N4O11/c1-48(92)24-29-89-72-20-18-66-79-69(72)45-90-73(40-62(96)38-63(100-49(2)93)22-25-86-56-9-5-10-57(86)12-7-15-70(86)68-44-87-43-67(68)65(14-6-11-56)78(51-8-4-13-60(94)34-51)52-23-28-88-77(89)37-52)54-35-74(97)81(75(36-54)99-3)101-64-32-50(31-61(95)39-64)30-53-33-58-16-17-59-42-85(82(66)98)47-84(59)27-26-83(58,41-55(53)46-91)76(84)21-19-71(85)80(79)90/h4-5,7-10,13,15,18-21,23,31-32,34-37,39,43-45,53,55,57-59,63,65,70-71,73,76,78,82,87-88,91,94-95,97-98H,11-12,16-17,22,24-30,33,38,40-42,46-47H2,1-3H3/t53-,55-,57-,58-,59+,63-,65+,70-,71+,73-,76-,78+,82+,83+,84-,85+,86-/m1/s1. The Morgan fingerprint density at radius 3 is 2.54 bits per heavy atom. The van der Waals surface area contributed by atoms with Crippen LogP contribution in [0.2, 0.25) is 0 Å². The molecular formula is C86H90N4O11. The quantitative estimate of drug-likeness (QED) is 0.0450. The summed E-state index contributed by atoms with van der Waals surface area (Å²) in [5.74, 6) is 7.99. The highest BCUT2D eigenvalue weighted by Gasteiger charge is 2.73. The number of Topliss-reactive ketones (excluding diaryl/α,β-unsaturated/α-hetero) is 2. The third kappa shape index (κ3) is 9.90. The van der Waals surface area contributed by atoms with Gasteiger partial charge >= 0.3 is 5.97 Å². The van der Waals surface area contributed by atoms with Crippen molar-refractivity contribution in [2.45, 2.75) is 159 Å². The van der Waals surface area contributed by atoms with Crippen molar-refractivity contribution in [3.05, 3.63) is 196 Å². The van der Waals surface area contributed by atoms with Crippen LogP contribution in [-0.4, -0.2) is 85.5 Å². The lowest BCUT2D eigenvalue weighted by Crippen LogP contribution is -2.46. The summed E-state index contributed by atoms with van der Waals surface area (Å²) in [5, 5.41) is 67.0. The lowest BCUT2D eigenvalue weighted by molar-refractivity contribution is -0.148. The molecule has 6 aromatic rings. The van der Waals surface area contributed by atoms with E-state index in [0.29, 0.717) is 55.4 Å². The van der Waals surface area contributed by atoms with Crippen LogP contribution in [0.1, 0.15) is 185 Å². The van der Waals surface area contributed by atoms with E-state index in [4.69, 9.17) is 14.2 Å².